The minimum atomic E-state index is 0.0389. The molecule has 0 aliphatic heterocycles. The molecule has 0 aromatic heterocycles. The van der Waals surface area contributed by atoms with E-state index in [4.69, 9.17) is 0 Å². The molecule has 0 aliphatic carbocycles. The van der Waals surface area contributed by atoms with Gasteiger partial charge in [-0.25, -0.2) is 0 Å². The lowest BCUT2D eigenvalue weighted by atomic mass is 9.83. The van der Waals surface area contributed by atoms with Crippen LogP contribution in [-0.4, -0.2) is 10.2 Å². The average molecular weight is 399 g/mol. The molecule has 30 heavy (non-hydrogen) atoms. The van der Waals surface area contributed by atoms with Crippen molar-refractivity contribution in [3.05, 3.63) is 71.8 Å². The smallest absolute Gasteiger partial charge is 0.124 e. The Kier molecular flexibility index (Phi) is 4.58. The molecule has 0 aliphatic rings. The van der Waals surface area contributed by atoms with Crippen LogP contribution in [0.5, 0.6) is 11.5 Å². The number of fused-ring (bicyclic) bond motifs is 2. The van der Waals surface area contributed by atoms with Crippen molar-refractivity contribution >= 4 is 21.5 Å². The molecule has 0 saturated carbocycles. The zero-order valence-corrected chi connectivity index (χ0v) is 18.7. The standard InChI is InChI=1S/C28H30O2/c1-27(2,3)19-9-11-21-17(15-19)7-13-23(29)25(21)26-22-12-10-20(28(4,5)6)16-18(22)8-14-24(26)30/h7-16,29-30H,1-6H3. The van der Waals surface area contributed by atoms with Crippen molar-refractivity contribution in [1.82, 2.24) is 0 Å². The van der Waals surface area contributed by atoms with Crippen LogP contribution in [0.25, 0.3) is 32.7 Å². The molecular weight excluding hydrogens is 368 g/mol. The van der Waals surface area contributed by atoms with Gasteiger partial charge in [-0.1, -0.05) is 90.1 Å². The molecular formula is C28H30O2. The summed E-state index contributed by atoms with van der Waals surface area (Å²) in [7, 11) is 0. The van der Waals surface area contributed by atoms with Crippen LogP contribution in [-0.2, 0) is 10.8 Å². The van der Waals surface area contributed by atoms with Crippen LogP contribution in [0, 0.1) is 0 Å². The van der Waals surface area contributed by atoms with Crippen molar-refractivity contribution in [3.8, 4) is 22.6 Å². The van der Waals surface area contributed by atoms with E-state index in [0.717, 1.165) is 21.5 Å². The van der Waals surface area contributed by atoms with Gasteiger partial charge in [0.05, 0.1) is 0 Å². The highest BCUT2D eigenvalue weighted by molar-refractivity contribution is 6.09. The Morgan fingerprint density at radius 3 is 1.20 bits per heavy atom. The molecule has 0 bridgehead atoms. The molecule has 0 saturated heterocycles. The van der Waals surface area contributed by atoms with Gasteiger partial charge >= 0.3 is 0 Å². The third-order valence-corrected chi connectivity index (χ3v) is 5.98. The van der Waals surface area contributed by atoms with Gasteiger partial charge in [-0.3, -0.25) is 0 Å². The molecule has 0 radical (unpaired) electrons. The molecule has 0 unspecified atom stereocenters. The van der Waals surface area contributed by atoms with E-state index in [1.54, 1.807) is 12.1 Å². The number of aromatic hydroxyl groups is 2. The van der Waals surface area contributed by atoms with E-state index in [0.29, 0.717) is 11.1 Å². The van der Waals surface area contributed by atoms with E-state index in [9.17, 15) is 10.2 Å². The number of benzene rings is 4. The first-order chi connectivity index (χ1) is 14.0. The highest BCUT2D eigenvalue weighted by Crippen LogP contribution is 2.45. The summed E-state index contributed by atoms with van der Waals surface area (Å²) in [5, 5.41) is 25.7. The van der Waals surface area contributed by atoms with Crippen LogP contribution < -0.4 is 0 Å². The van der Waals surface area contributed by atoms with Gasteiger partial charge in [0.15, 0.2) is 0 Å². The highest BCUT2D eigenvalue weighted by Gasteiger charge is 2.20. The molecule has 0 heterocycles. The van der Waals surface area contributed by atoms with Crippen LogP contribution in [0.2, 0.25) is 0 Å². The van der Waals surface area contributed by atoms with Crippen LogP contribution in [0.4, 0.5) is 0 Å². The Hall–Kier alpha value is -3.00. The Balaban J connectivity index is 2.04. The zero-order valence-electron chi connectivity index (χ0n) is 18.7. The Morgan fingerprint density at radius 1 is 0.500 bits per heavy atom. The van der Waals surface area contributed by atoms with Gasteiger partial charge in [-0.2, -0.15) is 0 Å². The first-order valence-electron chi connectivity index (χ1n) is 10.5. The monoisotopic (exact) mass is 398 g/mol. The predicted octanol–water partition coefficient (Wildman–Crippen LogP) is 7.67. The number of hydrogen-bond acceptors (Lipinski definition) is 2. The van der Waals surface area contributed by atoms with Crippen molar-refractivity contribution < 1.29 is 10.2 Å². The fraction of sp³-hybridized carbons (Fsp3) is 0.286. The highest BCUT2D eigenvalue weighted by atomic mass is 16.3. The van der Waals surface area contributed by atoms with Gasteiger partial charge in [0.25, 0.3) is 0 Å². The number of phenolic OH excluding ortho intramolecular Hbond substituents is 2. The second-order valence-corrected chi connectivity index (χ2v) is 10.3. The molecule has 0 atom stereocenters. The molecule has 2 nitrogen and oxygen atoms in total. The van der Waals surface area contributed by atoms with E-state index >= 15 is 0 Å². The average Bonchev–Trinajstić information content (AvgIpc) is 2.66. The largest absolute Gasteiger partial charge is 0.507 e. The predicted molar refractivity (Wildman–Crippen MR) is 128 cm³/mol. The van der Waals surface area contributed by atoms with Crippen molar-refractivity contribution in [2.24, 2.45) is 0 Å². The molecule has 2 heteroatoms. The minimum absolute atomic E-state index is 0.0389. The fourth-order valence-electron chi connectivity index (χ4n) is 4.10. The molecule has 4 rings (SSSR count). The van der Waals surface area contributed by atoms with Crippen LogP contribution in [0.3, 0.4) is 0 Å². The van der Waals surface area contributed by atoms with E-state index in [-0.39, 0.29) is 22.3 Å². The minimum Gasteiger partial charge on any atom is -0.507 e. The zero-order chi connectivity index (χ0) is 21.8. The summed E-state index contributed by atoms with van der Waals surface area (Å²) < 4.78 is 0. The Bertz CT molecular complexity index is 1170. The van der Waals surface area contributed by atoms with Gasteiger partial charge in [0.1, 0.15) is 11.5 Å². The number of rotatable bonds is 1. The third-order valence-electron chi connectivity index (χ3n) is 5.98. The number of phenols is 2. The summed E-state index contributed by atoms with van der Waals surface area (Å²) in [5.41, 5.74) is 3.92. The quantitative estimate of drug-likeness (QED) is 0.345. The maximum atomic E-state index is 10.8. The molecule has 154 valence electrons. The summed E-state index contributed by atoms with van der Waals surface area (Å²) >= 11 is 0. The van der Waals surface area contributed by atoms with Gasteiger partial charge in [0, 0.05) is 11.1 Å². The molecule has 4 aromatic carbocycles. The topological polar surface area (TPSA) is 40.5 Å². The first kappa shape index (κ1) is 20.3. The van der Waals surface area contributed by atoms with E-state index in [2.05, 4.69) is 77.9 Å². The normalized spacial score (nSPS) is 12.6. The lowest BCUT2D eigenvalue weighted by Crippen LogP contribution is -2.10. The van der Waals surface area contributed by atoms with Crippen LogP contribution >= 0.6 is 0 Å². The van der Waals surface area contributed by atoms with Crippen molar-refractivity contribution in [3.63, 3.8) is 0 Å². The molecule has 0 spiro atoms. The van der Waals surface area contributed by atoms with Crippen molar-refractivity contribution in [2.75, 3.05) is 0 Å². The Labute approximate surface area is 178 Å². The SMILES string of the molecule is CC(C)(C)c1ccc2c(-c3c(O)ccc4cc(C(C)(C)C)ccc34)c(O)ccc2c1. The van der Waals surface area contributed by atoms with E-state index in [1.165, 1.54) is 11.1 Å². The summed E-state index contributed by atoms with van der Waals surface area (Å²) in [6.45, 7) is 13.2. The number of hydrogen-bond donors (Lipinski definition) is 2. The van der Waals surface area contributed by atoms with Gasteiger partial charge in [-0.05, 0) is 55.6 Å². The maximum absolute atomic E-state index is 10.8. The second-order valence-electron chi connectivity index (χ2n) is 10.3. The van der Waals surface area contributed by atoms with Gasteiger partial charge in [0.2, 0.25) is 0 Å². The van der Waals surface area contributed by atoms with Crippen LogP contribution in [0.15, 0.2) is 60.7 Å². The van der Waals surface area contributed by atoms with Gasteiger partial charge < -0.3 is 10.2 Å². The van der Waals surface area contributed by atoms with Crippen molar-refractivity contribution in [2.45, 2.75) is 52.4 Å². The first-order valence-corrected chi connectivity index (χ1v) is 10.5. The lowest BCUT2D eigenvalue weighted by molar-refractivity contribution is 0.470. The van der Waals surface area contributed by atoms with Gasteiger partial charge in [-0.15, -0.1) is 0 Å². The summed E-state index contributed by atoms with van der Waals surface area (Å²) in [5.74, 6) is 0.349. The molecule has 2 N–H and O–H groups in total. The van der Waals surface area contributed by atoms with Crippen molar-refractivity contribution in [1.29, 1.82) is 0 Å². The molecule has 4 aromatic rings. The van der Waals surface area contributed by atoms with E-state index < -0.39 is 0 Å². The van der Waals surface area contributed by atoms with Crippen LogP contribution in [0.1, 0.15) is 52.7 Å². The maximum Gasteiger partial charge on any atom is 0.124 e. The Morgan fingerprint density at radius 2 is 0.867 bits per heavy atom. The molecule has 0 fully saturated rings. The van der Waals surface area contributed by atoms with E-state index in [1.807, 2.05) is 12.1 Å². The summed E-state index contributed by atoms with van der Waals surface area (Å²) in [6, 6.07) is 20.1. The fourth-order valence-corrected chi connectivity index (χ4v) is 4.10. The third kappa shape index (κ3) is 3.41. The second kappa shape index (κ2) is 6.77. The summed E-state index contributed by atoms with van der Waals surface area (Å²) in [4.78, 5) is 0. The molecule has 0 amide bonds. The lowest BCUT2D eigenvalue weighted by Gasteiger charge is -2.22. The summed E-state index contributed by atoms with van der Waals surface area (Å²) in [6.07, 6.45) is 0.